The Labute approximate surface area is 242 Å². The molecule has 4 rings (SSSR count). The molecule has 0 radical (unpaired) electrons. The number of halogens is 3. The molecule has 222 valence electrons. The molecule has 2 unspecified atom stereocenters. The predicted octanol–water partition coefficient (Wildman–Crippen LogP) is 7.60. The third-order valence-electron chi connectivity index (χ3n) is 7.31. The van der Waals surface area contributed by atoms with Gasteiger partial charge in [-0.1, -0.05) is 77.9 Å². The first kappa shape index (κ1) is 30.8. The molecule has 0 aliphatic carbocycles. The zero-order chi connectivity index (χ0) is 31.2. The molecular formula is C33H34F3NO5. The van der Waals surface area contributed by atoms with Gasteiger partial charge >= 0.3 is 17.8 Å². The van der Waals surface area contributed by atoms with Crippen molar-refractivity contribution in [2.75, 3.05) is 7.11 Å². The Hall–Kier alpha value is -4.14. The van der Waals surface area contributed by atoms with Crippen LogP contribution in [0.25, 0.3) is 11.1 Å². The van der Waals surface area contributed by atoms with Crippen molar-refractivity contribution >= 4 is 17.1 Å². The number of rotatable bonds is 5. The van der Waals surface area contributed by atoms with Gasteiger partial charge in [-0.15, -0.1) is 0 Å². The van der Waals surface area contributed by atoms with Crippen molar-refractivity contribution in [3.63, 3.8) is 0 Å². The molecule has 0 amide bonds. The summed E-state index contributed by atoms with van der Waals surface area (Å²) in [5, 5.41) is 11.3. The summed E-state index contributed by atoms with van der Waals surface area (Å²) in [6.45, 7) is 11.5. The molecule has 0 aliphatic heterocycles. The van der Waals surface area contributed by atoms with Gasteiger partial charge in [0.2, 0.25) is 0 Å². The monoisotopic (exact) mass is 581 g/mol. The number of hydrogen-bond acceptors (Lipinski definition) is 6. The van der Waals surface area contributed by atoms with Gasteiger partial charge in [0.1, 0.15) is 22.9 Å². The number of phenols is 1. The third kappa shape index (κ3) is 6.05. The van der Waals surface area contributed by atoms with Crippen LogP contribution < -0.4 is 5.63 Å². The van der Waals surface area contributed by atoms with Crippen LogP contribution in [0.4, 0.5) is 13.2 Å². The first-order valence-electron chi connectivity index (χ1n) is 13.5. The van der Waals surface area contributed by atoms with Gasteiger partial charge < -0.3 is 14.3 Å². The minimum absolute atomic E-state index is 0.0860. The number of aromatic nitrogens is 1. The minimum atomic E-state index is -4.58. The van der Waals surface area contributed by atoms with Crippen molar-refractivity contribution in [3.8, 4) is 5.75 Å². The Morgan fingerprint density at radius 1 is 0.881 bits per heavy atom. The lowest BCUT2D eigenvalue weighted by Crippen LogP contribution is -2.29. The quantitative estimate of drug-likeness (QED) is 0.244. The molecule has 3 aromatic carbocycles. The number of aromatic hydroxyl groups is 1. The lowest BCUT2D eigenvalue weighted by molar-refractivity contribution is -0.143. The van der Waals surface area contributed by atoms with E-state index in [1.807, 2.05) is 41.5 Å². The fourth-order valence-electron chi connectivity index (χ4n) is 5.13. The standard InChI is InChI=1S/C33H34F3NO5/c1-31(2,3)21-16-19(17-22(28(21)38)32(4,5)6)25(18-12-14-20(15-13-18)33(34,35)36)26(29(39)41-7)27-30(40)42-24-11-9-8-10-23(24)37-27/h8-17,25-26,38H,1-7H3. The van der Waals surface area contributed by atoms with E-state index in [-0.39, 0.29) is 17.0 Å². The summed E-state index contributed by atoms with van der Waals surface area (Å²) < 4.78 is 51.2. The number of benzene rings is 3. The maximum absolute atomic E-state index is 13.6. The van der Waals surface area contributed by atoms with E-state index < -0.39 is 46.0 Å². The number of methoxy groups -OCH3 is 1. The van der Waals surface area contributed by atoms with E-state index in [0.29, 0.717) is 27.8 Å². The second-order valence-corrected chi connectivity index (χ2v) is 12.4. The SMILES string of the molecule is COC(=O)C(c1nc2ccccc2oc1=O)C(c1ccc(C(F)(F)F)cc1)c1cc(C(C)(C)C)c(O)c(C(C)(C)C)c1. The van der Waals surface area contributed by atoms with Gasteiger partial charge in [0, 0.05) is 5.92 Å². The van der Waals surface area contributed by atoms with E-state index in [2.05, 4.69) is 4.98 Å². The highest BCUT2D eigenvalue weighted by Crippen LogP contribution is 2.46. The topological polar surface area (TPSA) is 89.6 Å². The van der Waals surface area contributed by atoms with Crippen molar-refractivity contribution in [3.05, 3.63) is 105 Å². The van der Waals surface area contributed by atoms with Gasteiger partial charge in [-0.2, -0.15) is 13.2 Å². The van der Waals surface area contributed by atoms with Crippen LogP contribution in [0, 0.1) is 0 Å². The van der Waals surface area contributed by atoms with Crippen molar-refractivity contribution < 1.29 is 32.2 Å². The summed E-state index contributed by atoms with van der Waals surface area (Å²) in [5.74, 6) is -3.16. The summed E-state index contributed by atoms with van der Waals surface area (Å²) in [7, 11) is 1.17. The maximum Gasteiger partial charge on any atom is 0.416 e. The van der Waals surface area contributed by atoms with Crippen LogP contribution in [-0.2, 0) is 26.5 Å². The number of hydrogen-bond donors (Lipinski definition) is 1. The third-order valence-corrected chi connectivity index (χ3v) is 7.31. The first-order valence-corrected chi connectivity index (χ1v) is 13.5. The molecule has 1 aromatic heterocycles. The molecule has 6 nitrogen and oxygen atoms in total. The average Bonchev–Trinajstić information content (AvgIpc) is 2.89. The van der Waals surface area contributed by atoms with Gasteiger partial charge in [0.15, 0.2) is 5.58 Å². The number of carbonyl (C=O) groups is 1. The number of fused-ring (bicyclic) bond motifs is 1. The van der Waals surface area contributed by atoms with Gasteiger partial charge in [0.05, 0.1) is 12.7 Å². The van der Waals surface area contributed by atoms with E-state index in [1.54, 1.807) is 36.4 Å². The number of carbonyl (C=O) groups excluding carboxylic acids is 1. The molecule has 9 heteroatoms. The van der Waals surface area contributed by atoms with Gasteiger partial charge in [-0.05, 0) is 57.3 Å². The van der Waals surface area contributed by atoms with Crippen molar-refractivity contribution in [2.24, 2.45) is 0 Å². The normalized spacial score (nSPS) is 14.0. The molecule has 0 bridgehead atoms. The van der Waals surface area contributed by atoms with Crippen molar-refractivity contribution in [1.82, 2.24) is 4.98 Å². The fraction of sp³-hybridized carbons (Fsp3) is 0.364. The van der Waals surface area contributed by atoms with E-state index in [9.17, 15) is 27.9 Å². The minimum Gasteiger partial charge on any atom is -0.507 e. The Morgan fingerprint density at radius 2 is 1.43 bits per heavy atom. The van der Waals surface area contributed by atoms with Crippen LogP contribution in [0.1, 0.15) is 86.9 Å². The molecule has 0 saturated carbocycles. The van der Waals surface area contributed by atoms with Crippen LogP contribution in [0.5, 0.6) is 5.75 Å². The molecule has 2 atom stereocenters. The number of alkyl halides is 3. The Morgan fingerprint density at radius 3 is 1.93 bits per heavy atom. The lowest BCUT2D eigenvalue weighted by Gasteiger charge is -2.32. The highest BCUT2D eigenvalue weighted by Gasteiger charge is 2.40. The van der Waals surface area contributed by atoms with Crippen LogP contribution in [0.2, 0.25) is 0 Å². The molecular weight excluding hydrogens is 547 g/mol. The zero-order valence-corrected chi connectivity index (χ0v) is 24.6. The van der Waals surface area contributed by atoms with Crippen molar-refractivity contribution in [2.45, 2.75) is 70.4 Å². The Kier molecular flexibility index (Phi) is 8.02. The molecule has 0 fully saturated rings. The summed E-state index contributed by atoms with van der Waals surface area (Å²) in [6, 6.07) is 14.5. The van der Waals surface area contributed by atoms with Crippen LogP contribution in [0.15, 0.2) is 69.9 Å². The maximum atomic E-state index is 13.6. The largest absolute Gasteiger partial charge is 0.507 e. The number of nitrogens with zero attached hydrogens (tertiary/aromatic N) is 1. The van der Waals surface area contributed by atoms with E-state index in [1.165, 1.54) is 19.2 Å². The Balaban J connectivity index is 2.11. The van der Waals surface area contributed by atoms with Gasteiger partial charge in [-0.3, -0.25) is 4.79 Å². The molecule has 1 N–H and O–H groups in total. The van der Waals surface area contributed by atoms with E-state index in [0.717, 1.165) is 12.1 Å². The first-order chi connectivity index (χ1) is 19.4. The number of para-hydroxylation sites is 2. The molecule has 0 aliphatic rings. The number of ether oxygens (including phenoxy) is 1. The zero-order valence-electron chi connectivity index (χ0n) is 24.6. The van der Waals surface area contributed by atoms with E-state index in [4.69, 9.17) is 9.15 Å². The van der Waals surface area contributed by atoms with Crippen LogP contribution in [-0.4, -0.2) is 23.2 Å². The molecule has 42 heavy (non-hydrogen) atoms. The molecule has 0 saturated heterocycles. The average molecular weight is 582 g/mol. The second kappa shape index (κ2) is 10.9. The molecule has 1 heterocycles. The highest BCUT2D eigenvalue weighted by molar-refractivity contribution is 5.81. The lowest BCUT2D eigenvalue weighted by atomic mass is 9.73. The number of phenolic OH excluding ortho intramolecular Hbond substituents is 1. The fourth-order valence-corrected chi connectivity index (χ4v) is 5.13. The summed E-state index contributed by atoms with van der Waals surface area (Å²) in [6.07, 6.45) is -4.58. The van der Waals surface area contributed by atoms with Gasteiger partial charge in [-0.25, -0.2) is 9.78 Å². The van der Waals surface area contributed by atoms with Gasteiger partial charge in [0.25, 0.3) is 0 Å². The summed E-state index contributed by atoms with van der Waals surface area (Å²) in [5.41, 5.74) is -0.575. The summed E-state index contributed by atoms with van der Waals surface area (Å²) >= 11 is 0. The van der Waals surface area contributed by atoms with Crippen LogP contribution >= 0.6 is 0 Å². The van der Waals surface area contributed by atoms with Crippen molar-refractivity contribution in [1.29, 1.82) is 0 Å². The smallest absolute Gasteiger partial charge is 0.416 e. The number of esters is 1. The highest BCUT2D eigenvalue weighted by atomic mass is 19.4. The Bertz CT molecular complexity index is 1640. The predicted molar refractivity (Wildman–Crippen MR) is 154 cm³/mol. The molecule has 4 aromatic rings. The second-order valence-electron chi connectivity index (χ2n) is 12.4. The molecule has 0 spiro atoms. The van der Waals surface area contributed by atoms with E-state index >= 15 is 0 Å². The van der Waals surface area contributed by atoms with Crippen LogP contribution in [0.3, 0.4) is 0 Å². The summed E-state index contributed by atoms with van der Waals surface area (Å²) in [4.78, 5) is 31.4.